The number of morpholine rings is 1. The number of anilines is 1. The van der Waals surface area contributed by atoms with Gasteiger partial charge in [-0.3, -0.25) is 9.59 Å². The van der Waals surface area contributed by atoms with Crippen LogP contribution in [0.3, 0.4) is 0 Å². The number of nitrogens with one attached hydrogen (secondary N) is 1. The Hall–Kier alpha value is -4.17. The second kappa shape index (κ2) is 10.2. The second-order valence-corrected chi connectivity index (χ2v) is 8.75. The standard InChI is InChI=1S/C28H28N4O4/c1-19-3-8-22(9-4-19)32-27(34)24-12-7-21(17-25(24)30-28(32)31-13-15-36-16-14-31)26(33)29-18-20-5-10-23(35-2)11-6-20/h3-12,17H,13-16,18H2,1-2H3,(H,29,33). The number of hydrogen-bond acceptors (Lipinski definition) is 6. The number of rotatable bonds is 6. The third-order valence-corrected chi connectivity index (χ3v) is 6.31. The van der Waals surface area contributed by atoms with Gasteiger partial charge in [0.15, 0.2) is 0 Å². The van der Waals surface area contributed by atoms with Crippen LogP contribution in [0.25, 0.3) is 16.6 Å². The Balaban J connectivity index is 1.50. The van der Waals surface area contributed by atoms with Gasteiger partial charge in [0, 0.05) is 25.2 Å². The van der Waals surface area contributed by atoms with E-state index in [-0.39, 0.29) is 11.5 Å². The maximum Gasteiger partial charge on any atom is 0.267 e. The van der Waals surface area contributed by atoms with Gasteiger partial charge in [0.25, 0.3) is 11.5 Å². The first-order valence-electron chi connectivity index (χ1n) is 11.9. The summed E-state index contributed by atoms with van der Waals surface area (Å²) in [4.78, 5) is 33.5. The Morgan fingerprint density at radius 3 is 2.44 bits per heavy atom. The molecule has 0 bridgehead atoms. The molecule has 0 atom stereocenters. The third kappa shape index (κ3) is 4.81. The lowest BCUT2D eigenvalue weighted by Gasteiger charge is -2.30. The van der Waals surface area contributed by atoms with Gasteiger partial charge in [-0.25, -0.2) is 9.55 Å². The summed E-state index contributed by atoms with van der Waals surface area (Å²) in [5.74, 6) is 1.08. The van der Waals surface area contributed by atoms with Crippen molar-refractivity contribution in [3.63, 3.8) is 0 Å². The van der Waals surface area contributed by atoms with E-state index in [2.05, 4.69) is 10.2 Å². The average Bonchev–Trinajstić information content (AvgIpc) is 2.93. The summed E-state index contributed by atoms with van der Waals surface area (Å²) >= 11 is 0. The summed E-state index contributed by atoms with van der Waals surface area (Å²) in [5, 5.41) is 3.39. The number of methoxy groups -OCH3 is 1. The lowest BCUT2D eigenvalue weighted by atomic mass is 10.1. The van der Waals surface area contributed by atoms with Crippen LogP contribution in [0.2, 0.25) is 0 Å². The van der Waals surface area contributed by atoms with Crippen LogP contribution in [0.4, 0.5) is 5.95 Å². The molecule has 1 aliphatic heterocycles. The van der Waals surface area contributed by atoms with E-state index in [1.165, 1.54) is 0 Å². The molecule has 36 heavy (non-hydrogen) atoms. The van der Waals surface area contributed by atoms with Crippen molar-refractivity contribution in [2.24, 2.45) is 0 Å². The van der Waals surface area contributed by atoms with E-state index in [0.29, 0.717) is 55.3 Å². The molecule has 1 fully saturated rings. The van der Waals surface area contributed by atoms with Gasteiger partial charge in [0.05, 0.1) is 36.9 Å². The molecular formula is C28H28N4O4. The molecular weight excluding hydrogens is 456 g/mol. The number of benzene rings is 3. The molecule has 0 saturated carbocycles. The van der Waals surface area contributed by atoms with Gasteiger partial charge in [0.1, 0.15) is 5.75 Å². The smallest absolute Gasteiger partial charge is 0.267 e. The van der Waals surface area contributed by atoms with Gasteiger partial charge < -0.3 is 19.7 Å². The van der Waals surface area contributed by atoms with Crippen molar-refractivity contribution in [3.8, 4) is 11.4 Å². The van der Waals surface area contributed by atoms with E-state index in [1.54, 1.807) is 29.9 Å². The third-order valence-electron chi connectivity index (χ3n) is 6.31. The summed E-state index contributed by atoms with van der Waals surface area (Å²) in [6.07, 6.45) is 0. The maximum atomic E-state index is 13.7. The molecule has 0 radical (unpaired) electrons. The van der Waals surface area contributed by atoms with Crippen LogP contribution in [0, 0.1) is 6.92 Å². The van der Waals surface area contributed by atoms with Crippen molar-refractivity contribution < 1.29 is 14.3 Å². The molecule has 1 N–H and O–H groups in total. The van der Waals surface area contributed by atoms with Gasteiger partial charge in [-0.15, -0.1) is 0 Å². The molecule has 8 nitrogen and oxygen atoms in total. The van der Waals surface area contributed by atoms with Crippen molar-refractivity contribution in [1.29, 1.82) is 0 Å². The number of carbonyl (C=O) groups excluding carboxylic acids is 1. The fraction of sp³-hybridized carbons (Fsp3) is 0.250. The number of ether oxygens (including phenoxy) is 2. The first-order valence-corrected chi connectivity index (χ1v) is 11.9. The molecule has 4 aromatic rings. The SMILES string of the molecule is COc1ccc(CNC(=O)c2ccc3c(=O)n(-c4ccc(C)cc4)c(N4CCOCC4)nc3c2)cc1. The van der Waals surface area contributed by atoms with E-state index < -0.39 is 0 Å². The van der Waals surface area contributed by atoms with Crippen LogP contribution in [0.1, 0.15) is 21.5 Å². The molecule has 1 amide bonds. The van der Waals surface area contributed by atoms with E-state index in [0.717, 1.165) is 22.6 Å². The highest BCUT2D eigenvalue weighted by Gasteiger charge is 2.21. The number of aryl methyl sites for hydroxylation is 1. The predicted molar refractivity (Wildman–Crippen MR) is 139 cm³/mol. The molecule has 184 valence electrons. The largest absolute Gasteiger partial charge is 0.497 e. The van der Waals surface area contributed by atoms with Crippen molar-refractivity contribution in [1.82, 2.24) is 14.9 Å². The number of nitrogens with zero attached hydrogens (tertiary/aromatic N) is 3. The summed E-state index contributed by atoms with van der Waals surface area (Å²) in [6.45, 7) is 4.78. The zero-order chi connectivity index (χ0) is 25.1. The minimum absolute atomic E-state index is 0.171. The minimum atomic E-state index is -0.231. The average molecular weight is 485 g/mol. The first-order chi connectivity index (χ1) is 17.5. The van der Waals surface area contributed by atoms with Gasteiger partial charge in [-0.2, -0.15) is 0 Å². The van der Waals surface area contributed by atoms with E-state index in [9.17, 15) is 9.59 Å². The quantitative estimate of drug-likeness (QED) is 0.451. The van der Waals surface area contributed by atoms with E-state index in [1.807, 2.05) is 55.5 Å². The summed E-state index contributed by atoms with van der Waals surface area (Å²) in [5.41, 5.74) is 3.58. The van der Waals surface area contributed by atoms with Crippen molar-refractivity contribution in [3.05, 3.63) is 93.8 Å². The van der Waals surface area contributed by atoms with Crippen LogP contribution in [-0.2, 0) is 11.3 Å². The van der Waals surface area contributed by atoms with Crippen molar-refractivity contribution in [2.45, 2.75) is 13.5 Å². The fourth-order valence-electron chi connectivity index (χ4n) is 4.25. The van der Waals surface area contributed by atoms with Crippen molar-refractivity contribution >= 4 is 22.8 Å². The Morgan fingerprint density at radius 2 is 1.75 bits per heavy atom. The molecule has 1 saturated heterocycles. The lowest BCUT2D eigenvalue weighted by Crippen LogP contribution is -2.40. The molecule has 1 aromatic heterocycles. The zero-order valence-corrected chi connectivity index (χ0v) is 20.4. The van der Waals surface area contributed by atoms with Gasteiger partial charge in [-0.05, 0) is 55.0 Å². The molecule has 0 spiro atoms. The Bertz CT molecular complexity index is 1440. The Kier molecular flexibility index (Phi) is 6.69. The molecule has 3 aromatic carbocycles. The van der Waals surface area contributed by atoms with Crippen LogP contribution < -0.4 is 20.5 Å². The number of fused-ring (bicyclic) bond motifs is 1. The highest BCUT2D eigenvalue weighted by atomic mass is 16.5. The Morgan fingerprint density at radius 1 is 1.03 bits per heavy atom. The normalized spacial score (nSPS) is 13.6. The van der Waals surface area contributed by atoms with Gasteiger partial charge in [-0.1, -0.05) is 29.8 Å². The highest BCUT2D eigenvalue weighted by molar-refractivity contribution is 5.97. The summed E-state index contributed by atoms with van der Waals surface area (Å²) in [7, 11) is 1.62. The maximum absolute atomic E-state index is 13.7. The summed E-state index contributed by atoms with van der Waals surface area (Å²) < 4.78 is 12.3. The molecule has 0 aliphatic carbocycles. The molecule has 1 aliphatic rings. The number of aromatic nitrogens is 2. The van der Waals surface area contributed by atoms with E-state index >= 15 is 0 Å². The topological polar surface area (TPSA) is 85.7 Å². The van der Waals surface area contributed by atoms with Gasteiger partial charge >= 0.3 is 0 Å². The van der Waals surface area contributed by atoms with E-state index in [4.69, 9.17) is 14.5 Å². The Labute approximate surface area is 209 Å². The minimum Gasteiger partial charge on any atom is -0.497 e. The second-order valence-electron chi connectivity index (χ2n) is 8.75. The van der Waals surface area contributed by atoms with Crippen LogP contribution in [0.15, 0.2) is 71.5 Å². The molecule has 8 heteroatoms. The molecule has 2 heterocycles. The van der Waals surface area contributed by atoms with Crippen LogP contribution in [-0.4, -0.2) is 48.9 Å². The molecule has 0 unspecified atom stereocenters. The van der Waals surface area contributed by atoms with Crippen molar-refractivity contribution in [2.75, 3.05) is 38.3 Å². The first kappa shape index (κ1) is 23.6. The van der Waals surface area contributed by atoms with Gasteiger partial charge in [0.2, 0.25) is 5.95 Å². The number of carbonyl (C=O) groups is 1. The fourth-order valence-corrected chi connectivity index (χ4v) is 4.25. The van der Waals surface area contributed by atoms with Crippen LogP contribution in [0.5, 0.6) is 5.75 Å². The number of amides is 1. The monoisotopic (exact) mass is 484 g/mol. The van der Waals surface area contributed by atoms with Crippen LogP contribution >= 0.6 is 0 Å². The number of hydrogen-bond donors (Lipinski definition) is 1. The molecule has 5 rings (SSSR count). The lowest BCUT2D eigenvalue weighted by molar-refractivity contribution is 0.0951. The summed E-state index contributed by atoms with van der Waals surface area (Å²) in [6, 6.07) is 20.4. The highest BCUT2D eigenvalue weighted by Crippen LogP contribution is 2.22. The zero-order valence-electron chi connectivity index (χ0n) is 20.4. The predicted octanol–water partition coefficient (Wildman–Crippen LogP) is 3.47.